The topological polar surface area (TPSA) is 76.0 Å². The lowest BCUT2D eigenvalue weighted by Gasteiger charge is -2.36. The fourth-order valence-corrected chi connectivity index (χ4v) is 6.07. The van der Waals surface area contributed by atoms with Crippen LogP contribution in [0.3, 0.4) is 0 Å². The highest BCUT2D eigenvalue weighted by molar-refractivity contribution is 8.00. The third kappa shape index (κ3) is 4.55. The van der Waals surface area contributed by atoms with Crippen molar-refractivity contribution in [2.24, 2.45) is 0 Å². The van der Waals surface area contributed by atoms with Crippen LogP contribution < -0.4 is 0 Å². The van der Waals surface area contributed by atoms with Gasteiger partial charge in [0.05, 0.1) is 17.9 Å². The molecule has 176 valence electrons. The Hall–Kier alpha value is -2.32. The van der Waals surface area contributed by atoms with E-state index in [0.717, 1.165) is 72.7 Å². The van der Waals surface area contributed by atoms with Crippen molar-refractivity contribution in [3.63, 3.8) is 0 Å². The van der Waals surface area contributed by atoms with Gasteiger partial charge < -0.3 is 14.6 Å². The lowest BCUT2D eigenvalue weighted by atomic mass is 10.00. The zero-order valence-corrected chi connectivity index (χ0v) is 20.3. The van der Waals surface area contributed by atoms with Crippen molar-refractivity contribution in [3.05, 3.63) is 30.5 Å². The predicted molar refractivity (Wildman–Crippen MR) is 131 cm³/mol. The highest BCUT2D eigenvalue weighted by Gasteiger charge is 2.31. The second-order valence-corrected chi connectivity index (χ2v) is 10.5. The number of para-hydroxylation sites is 1. The first-order chi connectivity index (χ1) is 16.2. The van der Waals surface area contributed by atoms with Gasteiger partial charge in [-0.15, -0.1) is 10.2 Å². The number of hydrogen-bond donors (Lipinski definition) is 1. The van der Waals surface area contributed by atoms with Gasteiger partial charge in [0, 0.05) is 41.9 Å². The van der Waals surface area contributed by atoms with Crippen LogP contribution in [-0.4, -0.2) is 61.1 Å². The number of hydrogen-bond acceptors (Lipinski definition) is 5. The number of piperidine rings is 1. The van der Waals surface area contributed by atoms with Gasteiger partial charge in [0.1, 0.15) is 0 Å². The Morgan fingerprint density at radius 1 is 1.24 bits per heavy atom. The maximum atomic E-state index is 13.4. The number of carbonyl (C=O) groups excluding carboxylic acids is 1. The third-order valence-electron chi connectivity index (χ3n) is 6.97. The largest absolute Gasteiger partial charge is 0.376 e. The van der Waals surface area contributed by atoms with Crippen LogP contribution in [0.25, 0.3) is 22.3 Å². The molecule has 2 fully saturated rings. The fraction of sp³-hybridized carbons (Fsp3) is 0.560. The van der Waals surface area contributed by atoms with Crippen LogP contribution in [-0.2, 0) is 16.1 Å². The van der Waals surface area contributed by atoms with Crippen LogP contribution in [0.1, 0.15) is 52.4 Å². The van der Waals surface area contributed by atoms with Crippen LogP contribution in [0.5, 0.6) is 0 Å². The molecule has 4 heterocycles. The molecule has 8 heteroatoms. The van der Waals surface area contributed by atoms with E-state index in [1.807, 2.05) is 25.3 Å². The van der Waals surface area contributed by atoms with Gasteiger partial charge in [-0.1, -0.05) is 36.9 Å². The van der Waals surface area contributed by atoms with E-state index in [-0.39, 0.29) is 17.3 Å². The molecule has 3 aromatic rings. The van der Waals surface area contributed by atoms with Crippen molar-refractivity contribution in [2.75, 3.05) is 13.2 Å². The van der Waals surface area contributed by atoms with E-state index in [9.17, 15) is 4.79 Å². The maximum absolute atomic E-state index is 13.4. The van der Waals surface area contributed by atoms with Crippen LogP contribution in [0.2, 0.25) is 0 Å². The highest BCUT2D eigenvalue weighted by Crippen LogP contribution is 2.33. The summed E-state index contributed by atoms with van der Waals surface area (Å²) in [7, 11) is 0. The summed E-state index contributed by atoms with van der Waals surface area (Å²) in [6, 6.07) is 8.60. The normalized spacial score (nSPS) is 22.2. The van der Waals surface area contributed by atoms with Crippen molar-refractivity contribution in [2.45, 2.75) is 81.5 Å². The van der Waals surface area contributed by atoms with E-state index in [0.29, 0.717) is 12.6 Å². The summed E-state index contributed by atoms with van der Waals surface area (Å²) in [5, 5.41) is 10.9. The number of aromatic nitrogens is 4. The van der Waals surface area contributed by atoms with Gasteiger partial charge in [-0.2, -0.15) is 0 Å². The van der Waals surface area contributed by atoms with Crippen molar-refractivity contribution in [3.8, 4) is 11.4 Å². The summed E-state index contributed by atoms with van der Waals surface area (Å²) in [5.41, 5.74) is 2.11. The third-order valence-corrected chi connectivity index (χ3v) is 8.04. The molecule has 0 bridgehead atoms. The Morgan fingerprint density at radius 2 is 2.12 bits per heavy atom. The van der Waals surface area contributed by atoms with Gasteiger partial charge in [0.2, 0.25) is 5.91 Å². The molecule has 3 atom stereocenters. The summed E-state index contributed by atoms with van der Waals surface area (Å²) in [5.74, 6) is 1.04. The maximum Gasteiger partial charge on any atom is 0.236 e. The number of H-pyrrole nitrogens is 1. The Labute approximate surface area is 199 Å². The number of thioether (sulfide) groups is 1. The summed E-state index contributed by atoms with van der Waals surface area (Å²) < 4.78 is 8.11. The first-order valence-corrected chi connectivity index (χ1v) is 13.1. The van der Waals surface area contributed by atoms with Gasteiger partial charge in [0.25, 0.3) is 0 Å². The van der Waals surface area contributed by atoms with E-state index >= 15 is 0 Å². The van der Waals surface area contributed by atoms with Crippen molar-refractivity contribution in [1.82, 2.24) is 24.6 Å². The summed E-state index contributed by atoms with van der Waals surface area (Å²) >= 11 is 1.52. The zero-order valence-electron chi connectivity index (χ0n) is 19.5. The van der Waals surface area contributed by atoms with Crippen LogP contribution >= 0.6 is 11.8 Å². The van der Waals surface area contributed by atoms with E-state index < -0.39 is 0 Å². The van der Waals surface area contributed by atoms with E-state index in [2.05, 4.69) is 43.7 Å². The van der Waals surface area contributed by atoms with Crippen LogP contribution in [0.15, 0.2) is 35.6 Å². The quantitative estimate of drug-likeness (QED) is 0.501. The minimum Gasteiger partial charge on any atom is -0.376 e. The fourth-order valence-electron chi connectivity index (χ4n) is 5.15. The first kappa shape index (κ1) is 22.5. The molecule has 2 aromatic heterocycles. The molecule has 0 saturated carbocycles. The molecule has 2 aliphatic heterocycles. The predicted octanol–water partition coefficient (Wildman–Crippen LogP) is 4.88. The minimum absolute atomic E-state index is 0.155. The number of likely N-dealkylation sites (tertiary alicyclic amines) is 1. The molecule has 7 nitrogen and oxygen atoms in total. The second-order valence-electron chi connectivity index (χ2n) is 9.15. The van der Waals surface area contributed by atoms with Crippen molar-refractivity contribution < 1.29 is 9.53 Å². The van der Waals surface area contributed by atoms with Crippen molar-refractivity contribution in [1.29, 1.82) is 0 Å². The molecule has 0 radical (unpaired) electrons. The van der Waals surface area contributed by atoms with Gasteiger partial charge in [0.15, 0.2) is 11.0 Å². The van der Waals surface area contributed by atoms with E-state index in [1.54, 1.807) is 0 Å². The molecule has 0 aliphatic carbocycles. The molecular formula is C25H33N5O2S. The molecular weight excluding hydrogens is 434 g/mol. The van der Waals surface area contributed by atoms with Gasteiger partial charge in [-0.3, -0.25) is 9.36 Å². The average molecular weight is 468 g/mol. The van der Waals surface area contributed by atoms with E-state index in [4.69, 9.17) is 4.74 Å². The summed E-state index contributed by atoms with van der Waals surface area (Å²) in [6.45, 7) is 6.56. The number of aromatic amines is 1. The molecule has 1 aromatic carbocycles. The molecule has 3 unspecified atom stereocenters. The number of ether oxygens (including phenoxy) is 1. The molecule has 2 aliphatic rings. The number of nitrogens with one attached hydrogen (secondary N) is 1. The minimum atomic E-state index is -0.208. The number of benzene rings is 1. The van der Waals surface area contributed by atoms with E-state index in [1.165, 1.54) is 18.2 Å². The highest BCUT2D eigenvalue weighted by atomic mass is 32.2. The lowest BCUT2D eigenvalue weighted by molar-refractivity contribution is -0.134. The zero-order chi connectivity index (χ0) is 22.8. The Morgan fingerprint density at radius 3 is 2.94 bits per heavy atom. The number of carbonyl (C=O) groups is 1. The van der Waals surface area contributed by atoms with Gasteiger partial charge >= 0.3 is 0 Å². The molecule has 1 N–H and O–H groups in total. The molecule has 1 amide bonds. The standard InChI is InChI=1S/C25H33N5O2S/c1-3-18-9-6-7-13-29(18)24(31)17(2)33-25-28-27-23(30(25)16-19-10-8-14-32-19)21-15-26-22-12-5-4-11-20(21)22/h4-5,11-12,15,17-19,26H,3,6-10,13-14,16H2,1-2H3. The SMILES string of the molecule is CCC1CCCCN1C(=O)C(C)Sc1nnc(-c2c[nH]c3ccccc23)n1CC1CCCO1. The van der Waals surface area contributed by atoms with Crippen LogP contribution in [0.4, 0.5) is 0 Å². The lowest BCUT2D eigenvalue weighted by Crippen LogP contribution is -2.46. The number of nitrogens with zero attached hydrogens (tertiary/aromatic N) is 4. The number of rotatable bonds is 7. The summed E-state index contributed by atoms with van der Waals surface area (Å²) in [6.07, 6.45) is 8.72. The Kier molecular flexibility index (Phi) is 6.74. The van der Waals surface area contributed by atoms with Crippen LogP contribution in [0, 0.1) is 0 Å². The smallest absolute Gasteiger partial charge is 0.236 e. The molecule has 2 saturated heterocycles. The number of amides is 1. The Bertz CT molecular complexity index is 1100. The van der Waals surface area contributed by atoms with Crippen molar-refractivity contribution >= 4 is 28.6 Å². The van der Waals surface area contributed by atoms with Gasteiger partial charge in [-0.05, 0) is 51.5 Å². The van der Waals surface area contributed by atoms with Gasteiger partial charge in [-0.25, -0.2) is 0 Å². The second kappa shape index (κ2) is 9.89. The summed E-state index contributed by atoms with van der Waals surface area (Å²) in [4.78, 5) is 18.8. The molecule has 0 spiro atoms. The first-order valence-electron chi connectivity index (χ1n) is 12.2. The number of fused-ring (bicyclic) bond motifs is 1. The molecule has 5 rings (SSSR count). The Balaban J connectivity index is 1.43. The molecule has 33 heavy (non-hydrogen) atoms. The monoisotopic (exact) mass is 467 g/mol. The average Bonchev–Trinajstić information content (AvgIpc) is 3.60.